The van der Waals surface area contributed by atoms with Gasteiger partial charge >= 0.3 is 11.9 Å². The highest BCUT2D eigenvalue weighted by atomic mass is 16.7. The topological polar surface area (TPSA) is 158 Å². The molecule has 0 unspecified atom stereocenters. The number of carbonyl (C=O) groups excluding carboxylic acids is 4. The summed E-state index contributed by atoms with van der Waals surface area (Å²) >= 11 is 0. The summed E-state index contributed by atoms with van der Waals surface area (Å²) in [4.78, 5) is 56.0. The monoisotopic (exact) mass is 713 g/mol. The molecule has 3 heterocycles. The van der Waals surface area contributed by atoms with Crippen molar-refractivity contribution < 1.29 is 53.1 Å². The van der Waals surface area contributed by atoms with Crippen molar-refractivity contribution in [2.75, 3.05) is 13.7 Å². The highest BCUT2D eigenvalue weighted by molar-refractivity contribution is 6.00. The number of ether oxygens (including phenoxy) is 5. The van der Waals surface area contributed by atoms with Gasteiger partial charge in [-0.15, -0.1) is 6.42 Å². The number of cyclic esters (lactones) is 1. The van der Waals surface area contributed by atoms with Gasteiger partial charge in [-0.2, -0.15) is 0 Å². The van der Waals surface area contributed by atoms with E-state index in [1.807, 2.05) is 38.2 Å². The molecule has 13 atom stereocenters. The van der Waals surface area contributed by atoms with Crippen molar-refractivity contribution in [1.29, 1.82) is 0 Å². The molecular weight excluding hydrogens is 658 g/mol. The van der Waals surface area contributed by atoms with Crippen LogP contribution >= 0.6 is 0 Å². The third-order valence-corrected chi connectivity index (χ3v) is 11.0. The molecule has 0 amide bonds. The molecule has 12 heteroatoms. The number of aliphatic hydroxyl groups is 2. The Bertz CT molecular complexity index is 1470. The lowest BCUT2D eigenvalue weighted by Crippen LogP contribution is -2.60. The molecule has 3 fully saturated rings. The van der Waals surface area contributed by atoms with Gasteiger partial charge in [-0.25, -0.2) is 0 Å². The van der Waals surface area contributed by atoms with Gasteiger partial charge in [-0.05, 0) is 71.7 Å². The number of fused-ring (bicyclic) bond motifs is 2. The average molecular weight is 714 g/mol. The number of nitrogens with zero attached hydrogens (tertiary/aromatic N) is 1. The molecule has 2 bridgehead atoms. The van der Waals surface area contributed by atoms with Gasteiger partial charge < -0.3 is 33.9 Å². The van der Waals surface area contributed by atoms with E-state index in [1.54, 1.807) is 20.8 Å². The second-order valence-electron chi connectivity index (χ2n) is 15.1. The van der Waals surface area contributed by atoms with Gasteiger partial charge in [0.1, 0.15) is 23.4 Å². The van der Waals surface area contributed by atoms with Gasteiger partial charge in [0.2, 0.25) is 0 Å². The number of benzene rings is 1. The Morgan fingerprint density at radius 3 is 2.31 bits per heavy atom. The Balaban J connectivity index is 1.71. The normalized spacial score (nSPS) is 39.6. The summed E-state index contributed by atoms with van der Waals surface area (Å²) in [6.45, 7) is 13.0. The van der Waals surface area contributed by atoms with E-state index in [2.05, 4.69) is 10.8 Å². The van der Waals surface area contributed by atoms with Crippen LogP contribution in [0.25, 0.3) is 0 Å². The van der Waals surface area contributed by atoms with Crippen LogP contribution in [0.15, 0.2) is 24.3 Å². The predicted octanol–water partition coefficient (Wildman–Crippen LogP) is 3.21. The second kappa shape index (κ2) is 16.2. The summed E-state index contributed by atoms with van der Waals surface area (Å²) in [5.41, 5.74) is -1.46. The minimum absolute atomic E-state index is 0.0172. The van der Waals surface area contributed by atoms with Crippen molar-refractivity contribution in [1.82, 2.24) is 4.90 Å². The molecule has 0 aromatic heterocycles. The van der Waals surface area contributed by atoms with Crippen LogP contribution in [0.3, 0.4) is 0 Å². The molecule has 12 nitrogen and oxygen atoms in total. The zero-order valence-electron chi connectivity index (χ0n) is 31.3. The molecule has 1 aromatic carbocycles. The van der Waals surface area contributed by atoms with Crippen LogP contribution in [0.2, 0.25) is 0 Å². The van der Waals surface area contributed by atoms with Gasteiger partial charge in [0.25, 0.3) is 0 Å². The molecule has 3 saturated heterocycles. The van der Waals surface area contributed by atoms with Crippen molar-refractivity contribution in [3.8, 4) is 12.3 Å². The van der Waals surface area contributed by atoms with Crippen molar-refractivity contribution in [2.45, 2.75) is 135 Å². The summed E-state index contributed by atoms with van der Waals surface area (Å²) < 4.78 is 31.0. The molecule has 4 rings (SSSR count). The number of aliphatic hydroxyl groups excluding tert-OH is 1. The standard InChI is InChI=1S/C39H55NO11/c1-11-26-13-15-27(16-14-26)19-40(10)29-17-21(3)48-37(33(29)49-25(7)41)51-35-23(5)31(42)24(6)36(45)50-30(12-2)39(9,46)34(44)22(4)32(43)28-18-38(35,8)47-20-28/h1,13-16,21-24,28-30,33-35,37,44,46H,12,17-20H2,2-10H3/t21-,22+,23+,24-,28+,29+,30-,33-,34-,35-,37+,38-,39-/m1/s1. The van der Waals surface area contributed by atoms with E-state index in [0.29, 0.717) is 13.0 Å². The third-order valence-electron chi connectivity index (χ3n) is 11.0. The second-order valence-corrected chi connectivity index (χ2v) is 15.1. The number of likely N-dealkylation sites (N-methyl/N-ethyl adjacent to an activating group) is 1. The van der Waals surface area contributed by atoms with Crippen LogP contribution in [-0.2, 0) is 49.4 Å². The number of hydrogen-bond donors (Lipinski definition) is 2. The lowest BCUT2D eigenvalue weighted by atomic mass is 9.75. The maximum atomic E-state index is 14.1. The number of rotatable bonds is 7. The molecule has 282 valence electrons. The van der Waals surface area contributed by atoms with Gasteiger partial charge in [0.15, 0.2) is 18.2 Å². The molecule has 0 radical (unpaired) electrons. The van der Waals surface area contributed by atoms with Gasteiger partial charge in [0.05, 0.1) is 36.6 Å². The minimum atomic E-state index is -1.97. The zero-order valence-corrected chi connectivity index (χ0v) is 31.3. The van der Waals surface area contributed by atoms with Crippen molar-refractivity contribution in [3.63, 3.8) is 0 Å². The Morgan fingerprint density at radius 2 is 1.73 bits per heavy atom. The van der Waals surface area contributed by atoms with Crippen molar-refractivity contribution in [3.05, 3.63) is 35.4 Å². The molecule has 0 saturated carbocycles. The summed E-state index contributed by atoms with van der Waals surface area (Å²) in [7, 11) is 1.92. The number of carbonyl (C=O) groups is 4. The molecular formula is C39H55NO11. The van der Waals surface area contributed by atoms with Gasteiger partial charge in [-0.1, -0.05) is 38.8 Å². The SMILES string of the molecule is C#Cc1ccc(CN(C)[C@H]2C[C@@H](C)O[C@@H](O[C@@H]3[C@@H](C)C(=O)[C@@H](C)C(=O)O[C@H](CC)[C@@](C)(O)[C@H](O)[C@@H](C)C(=O)[C@@H]4CO[C@]3(C)C4)[C@@H]2OC(C)=O)cc1. The smallest absolute Gasteiger partial charge is 0.316 e. The number of esters is 2. The highest BCUT2D eigenvalue weighted by Crippen LogP contribution is 2.42. The van der Waals surface area contributed by atoms with E-state index in [4.69, 9.17) is 30.1 Å². The number of Topliss-reactive ketones (excluding diaryl/α,β-unsaturated/α-hetero) is 2. The first-order valence-corrected chi connectivity index (χ1v) is 17.9. The molecule has 0 spiro atoms. The maximum Gasteiger partial charge on any atom is 0.316 e. The summed E-state index contributed by atoms with van der Waals surface area (Å²) in [5, 5.41) is 22.6. The Kier molecular flexibility index (Phi) is 12.9. The molecule has 3 aliphatic rings. The predicted molar refractivity (Wildman–Crippen MR) is 186 cm³/mol. The fourth-order valence-electron chi connectivity index (χ4n) is 7.95. The van der Waals surface area contributed by atoms with Crippen molar-refractivity contribution >= 4 is 23.5 Å². The molecule has 3 aliphatic heterocycles. The number of hydrogen-bond acceptors (Lipinski definition) is 12. The largest absolute Gasteiger partial charge is 0.459 e. The zero-order chi connectivity index (χ0) is 38.0. The maximum absolute atomic E-state index is 14.1. The van der Waals surface area contributed by atoms with E-state index in [-0.39, 0.29) is 37.4 Å². The van der Waals surface area contributed by atoms with Crippen LogP contribution in [-0.4, -0.2) is 106 Å². The van der Waals surface area contributed by atoms with E-state index in [1.165, 1.54) is 27.7 Å². The van der Waals surface area contributed by atoms with Crippen LogP contribution in [0.4, 0.5) is 0 Å². The Hall–Kier alpha value is -3.18. The quantitative estimate of drug-likeness (QED) is 0.242. The lowest BCUT2D eigenvalue weighted by molar-refractivity contribution is -0.296. The highest BCUT2D eigenvalue weighted by Gasteiger charge is 2.55. The minimum Gasteiger partial charge on any atom is -0.459 e. The fourth-order valence-corrected chi connectivity index (χ4v) is 7.95. The molecule has 0 aliphatic carbocycles. The average Bonchev–Trinajstić information content (AvgIpc) is 3.50. The molecule has 2 N–H and O–H groups in total. The van der Waals surface area contributed by atoms with Crippen LogP contribution in [0.5, 0.6) is 0 Å². The summed E-state index contributed by atoms with van der Waals surface area (Å²) in [6.07, 6.45) is 0.0560. The number of terminal acetylenes is 1. The lowest BCUT2D eigenvalue weighted by Gasteiger charge is -2.47. The first-order chi connectivity index (χ1) is 23.8. The Morgan fingerprint density at radius 1 is 1.08 bits per heavy atom. The number of ketones is 2. The summed E-state index contributed by atoms with van der Waals surface area (Å²) in [5.74, 6) is -3.64. The third kappa shape index (κ3) is 8.73. The van der Waals surface area contributed by atoms with Crippen LogP contribution in [0.1, 0.15) is 85.8 Å². The fraction of sp³-hybridized carbons (Fsp3) is 0.692. The Labute approximate surface area is 301 Å². The van der Waals surface area contributed by atoms with Gasteiger partial charge in [0, 0.05) is 36.8 Å². The first-order valence-electron chi connectivity index (χ1n) is 17.9. The molecule has 51 heavy (non-hydrogen) atoms. The van der Waals surface area contributed by atoms with Gasteiger partial charge in [-0.3, -0.25) is 24.1 Å². The molecule has 1 aromatic rings. The summed E-state index contributed by atoms with van der Waals surface area (Å²) in [6, 6.07) is 7.25. The van der Waals surface area contributed by atoms with Crippen molar-refractivity contribution in [2.24, 2.45) is 23.7 Å². The van der Waals surface area contributed by atoms with E-state index in [9.17, 15) is 29.4 Å². The van der Waals surface area contributed by atoms with Crippen LogP contribution in [0, 0.1) is 36.0 Å². The van der Waals surface area contributed by atoms with E-state index < -0.39 is 83.3 Å². The van der Waals surface area contributed by atoms with E-state index >= 15 is 0 Å². The van der Waals surface area contributed by atoms with E-state index in [0.717, 1.165) is 11.1 Å². The van der Waals surface area contributed by atoms with Crippen LogP contribution < -0.4 is 0 Å². The first kappa shape index (κ1) is 40.6.